The summed E-state index contributed by atoms with van der Waals surface area (Å²) in [4.78, 5) is 14.5. The molecule has 2 aromatic rings. The van der Waals surface area contributed by atoms with Gasteiger partial charge in [-0.1, -0.05) is 13.8 Å². The van der Waals surface area contributed by atoms with Crippen LogP contribution in [0, 0.1) is 11.3 Å². The zero-order valence-corrected chi connectivity index (χ0v) is 9.24. The highest BCUT2D eigenvalue weighted by molar-refractivity contribution is 5.80. The van der Waals surface area contributed by atoms with Crippen LogP contribution in [0.4, 0.5) is 0 Å². The Morgan fingerprint density at radius 2 is 2.06 bits per heavy atom. The first-order valence-electron chi connectivity index (χ1n) is 5.19. The number of aromatic nitrogens is 1. The van der Waals surface area contributed by atoms with E-state index in [9.17, 15) is 4.79 Å². The van der Waals surface area contributed by atoms with E-state index in [0.29, 0.717) is 5.56 Å². The fraction of sp³-hybridized carbons (Fsp3) is 0.231. The molecular formula is C13H12N2O. The van der Waals surface area contributed by atoms with E-state index in [2.05, 4.69) is 11.1 Å². The van der Waals surface area contributed by atoms with E-state index in [4.69, 9.17) is 5.26 Å². The molecule has 0 aliphatic carbocycles. The topological polar surface area (TPSA) is 56.6 Å². The second-order valence-corrected chi connectivity index (χ2v) is 4.12. The number of hydrogen-bond acceptors (Lipinski definition) is 2. The zero-order valence-electron chi connectivity index (χ0n) is 9.24. The number of fused-ring (bicyclic) bond motifs is 1. The minimum Gasteiger partial charge on any atom is -0.322 e. The van der Waals surface area contributed by atoms with Gasteiger partial charge in [-0.05, 0) is 35.6 Å². The van der Waals surface area contributed by atoms with Gasteiger partial charge < -0.3 is 4.98 Å². The van der Waals surface area contributed by atoms with Gasteiger partial charge in [-0.25, -0.2) is 0 Å². The van der Waals surface area contributed by atoms with Crippen molar-refractivity contribution in [3.8, 4) is 6.07 Å². The molecule has 0 aliphatic rings. The summed E-state index contributed by atoms with van der Waals surface area (Å²) in [6.07, 6.45) is 0. The lowest BCUT2D eigenvalue weighted by molar-refractivity contribution is 0.849. The number of nitrogens with one attached hydrogen (secondary N) is 1. The fourth-order valence-electron chi connectivity index (χ4n) is 1.72. The first-order valence-corrected chi connectivity index (χ1v) is 5.19. The lowest BCUT2D eigenvalue weighted by Gasteiger charge is -2.06. The standard InChI is InChI=1S/C13H12N2O/c1-8(2)11-6-10-5-9(7-14)3-4-12(10)15-13(11)16/h3-6,8H,1-2H3,(H,15,16). The van der Waals surface area contributed by atoms with Gasteiger partial charge in [0.15, 0.2) is 0 Å². The number of aromatic amines is 1. The first kappa shape index (κ1) is 10.4. The van der Waals surface area contributed by atoms with Crippen LogP contribution in [0.3, 0.4) is 0 Å². The van der Waals surface area contributed by atoms with E-state index in [-0.39, 0.29) is 11.5 Å². The Balaban J connectivity index is 2.77. The molecule has 1 aromatic carbocycles. The Kier molecular flexibility index (Phi) is 2.49. The third kappa shape index (κ3) is 1.70. The summed E-state index contributed by atoms with van der Waals surface area (Å²) in [6.45, 7) is 3.95. The third-order valence-corrected chi connectivity index (χ3v) is 2.62. The van der Waals surface area contributed by atoms with Crippen LogP contribution >= 0.6 is 0 Å². The maximum absolute atomic E-state index is 11.7. The molecule has 0 radical (unpaired) electrons. The Morgan fingerprint density at radius 3 is 2.69 bits per heavy atom. The van der Waals surface area contributed by atoms with Crippen LogP contribution in [-0.4, -0.2) is 4.98 Å². The number of nitriles is 1. The highest BCUT2D eigenvalue weighted by Crippen LogP contribution is 2.17. The van der Waals surface area contributed by atoms with Crippen molar-refractivity contribution in [1.82, 2.24) is 4.98 Å². The van der Waals surface area contributed by atoms with E-state index in [1.165, 1.54) is 0 Å². The summed E-state index contributed by atoms with van der Waals surface area (Å²) in [5, 5.41) is 9.71. The first-order chi connectivity index (χ1) is 7.61. The Hall–Kier alpha value is -2.08. The minimum absolute atomic E-state index is 0.0489. The molecule has 0 spiro atoms. The van der Waals surface area contributed by atoms with E-state index >= 15 is 0 Å². The largest absolute Gasteiger partial charge is 0.322 e. The summed E-state index contributed by atoms with van der Waals surface area (Å²) in [6, 6.07) is 9.21. The molecule has 0 atom stereocenters. The van der Waals surface area contributed by atoms with Crippen LogP contribution in [-0.2, 0) is 0 Å². The Morgan fingerprint density at radius 1 is 1.31 bits per heavy atom. The van der Waals surface area contributed by atoms with Gasteiger partial charge in [0, 0.05) is 11.1 Å². The molecule has 16 heavy (non-hydrogen) atoms. The number of nitrogens with zero attached hydrogens (tertiary/aromatic N) is 1. The van der Waals surface area contributed by atoms with Crippen molar-refractivity contribution in [3.05, 3.63) is 45.7 Å². The number of hydrogen-bond donors (Lipinski definition) is 1. The van der Waals surface area contributed by atoms with Gasteiger partial charge >= 0.3 is 0 Å². The predicted octanol–water partition coefficient (Wildman–Crippen LogP) is 2.52. The lowest BCUT2D eigenvalue weighted by Crippen LogP contribution is -2.13. The summed E-state index contributed by atoms with van der Waals surface area (Å²) >= 11 is 0. The monoisotopic (exact) mass is 212 g/mol. The van der Waals surface area contributed by atoms with Crippen LogP contribution < -0.4 is 5.56 Å². The van der Waals surface area contributed by atoms with Gasteiger partial charge in [-0.15, -0.1) is 0 Å². The minimum atomic E-state index is -0.0489. The predicted molar refractivity (Wildman–Crippen MR) is 63.4 cm³/mol. The number of rotatable bonds is 1. The molecule has 0 amide bonds. The number of benzene rings is 1. The van der Waals surface area contributed by atoms with Crippen LogP contribution in [0.5, 0.6) is 0 Å². The zero-order chi connectivity index (χ0) is 11.7. The molecule has 0 bridgehead atoms. The van der Waals surface area contributed by atoms with Crippen molar-refractivity contribution in [1.29, 1.82) is 5.26 Å². The van der Waals surface area contributed by atoms with E-state index < -0.39 is 0 Å². The summed E-state index contributed by atoms with van der Waals surface area (Å²) in [5.41, 5.74) is 2.08. The van der Waals surface area contributed by atoms with E-state index in [1.807, 2.05) is 19.9 Å². The summed E-state index contributed by atoms with van der Waals surface area (Å²) in [5.74, 6) is 0.180. The highest BCUT2D eigenvalue weighted by atomic mass is 16.1. The molecule has 0 saturated carbocycles. The van der Waals surface area contributed by atoms with E-state index in [0.717, 1.165) is 16.5 Å². The number of pyridine rings is 1. The van der Waals surface area contributed by atoms with E-state index in [1.54, 1.807) is 18.2 Å². The van der Waals surface area contributed by atoms with Crippen LogP contribution in [0.25, 0.3) is 10.9 Å². The van der Waals surface area contributed by atoms with Crippen molar-refractivity contribution in [3.63, 3.8) is 0 Å². The highest BCUT2D eigenvalue weighted by Gasteiger charge is 2.06. The summed E-state index contributed by atoms with van der Waals surface area (Å²) in [7, 11) is 0. The quantitative estimate of drug-likeness (QED) is 0.789. The average molecular weight is 212 g/mol. The second-order valence-electron chi connectivity index (χ2n) is 4.12. The van der Waals surface area contributed by atoms with Crippen molar-refractivity contribution >= 4 is 10.9 Å². The van der Waals surface area contributed by atoms with Gasteiger partial charge in [0.05, 0.1) is 11.6 Å². The van der Waals surface area contributed by atoms with Crippen molar-refractivity contribution < 1.29 is 0 Å². The van der Waals surface area contributed by atoms with Crippen molar-refractivity contribution in [2.24, 2.45) is 0 Å². The molecule has 0 fully saturated rings. The SMILES string of the molecule is CC(C)c1cc2cc(C#N)ccc2[nH]c1=O. The normalized spacial score (nSPS) is 10.6. The van der Waals surface area contributed by atoms with Crippen molar-refractivity contribution in [2.45, 2.75) is 19.8 Å². The fourth-order valence-corrected chi connectivity index (χ4v) is 1.72. The molecule has 3 nitrogen and oxygen atoms in total. The van der Waals surface area contributed by atoms with Crippen LogP contribution in [0.1, 0.15) is 30.9 Å². The summed E-state index contributed by atoms with van der Waals surface area (Å²) < 4.78 is 0. The molecule has 1 aromatic heterocycles. The molecular weight excluding hydrogens is 200 g/mol. The molecule has 80 valence electrons. The second kappa shape index (κ2) is 3.82. The van der Waals surface area contributed by atoms with Crippen LogP contribution in [0.15, 0.2) is 29.1 Å². The molecule has 1 heterocycles. The molecule has 2 rings (SSSR count). The molecule has 1 N–H and O–H groups in total. The molecule has 0 aliphatic heterocycles. The smallest absolute Gasteiger partial charge is 0.251 e. The van der Waals surface area contributed by atoms with Gasteiger partial charge in [0.2, 0.25) is 0 Å². The van der Waals surface area contributed by atoms with Gasteiger partial charge in [-0.2, -0.15) is 5.26 Å². The maximum Gasteiger partial charge on any atom is 0.251 e. The third-order valence-electron chi connectivity index (χ3n) is 2.62. The van der Waals surface area contributed by atoms with Gasteiger partial charge in [-0.3, -0.25) is 4.79 Å². The average Bonchev–Trinajstić information content (AvgIpc) is 2.27. The van der Waals surface area contributed by atoms with Crippen molar-refractivity contribution in [2.75, 3.05) is 0 Å². The maximum atomic E-state index is 11.7. The molecule has 0 saturated heterocycles. The Bertz CT molecular complexity index is 632. The van der Waals surface area contributed by atoms with Gasteiger partial charge in [0.25, 0.3) is 5.56 Å². The van der Waals surface area contributed by atoms with Crippen LogP contribution in [0.2, 0.25) is 0 Å². The van der Waals surface area contributed by atoms with Gasteiger partial charge in [0.1, 0.15) is 0 Å². The Labute approximate surface area is 93.3 Å². The lowest BCUT2D eigenvalue weighted by atomic mass is 10.0. The molecule has 0 unspecified atom stereocenters. The molecule has 3 heteroatoms. The number of H-pyrrole nitrogens is 1.